The number of phenols is 4. The summed E-state index contributed by atoms with van der Waals surface area (Å²) >= 11 is 0. The Bertz CT molecular complexity index is 1390. The molecule has 2 aliphatic heterocycles. The third-order valence-electron chi connectivity index (χ3n) is 6.38. The van der Waals surface area contributed by atoms with Gasteiger partial charge in [0.1, 0.15) is 22.8 Å². The maximum Gasteiger partial charge on any atom is 0.204 e. The van der Waals surface area contributed by atoms with Crippen LogP contribution in [0.5, 0.6) is 51.7 Å². The number of phenolic OH excluding ortho intramolecular Hbond substituents is 4. The fourth-order valence-electron chi connectivity index (χ4n) is 4.56. The van der Waals surface area contributed by atoms with Crippen LogP contribution < -0.4 is 23.7 Å². The molecule has 3 aromatic rings. The van der Waals surface area contributed by atoms with Gasteiger partial charge in [0.25, 0.3) is 0 Å². The molecule has 2 aliphatic rings. The van der Waals surface area contributed by atoms with E-state index in [1.807, 2.05) is 0 Å². The molecule has 12 nitrogen and oxygen atoms in total. The summed E-state index contributed by atoms with van der Waals surface area (Å²) in [5.74, 6) is -2.43. The fourth-order valence-corrected chi connectivity index (χ4v) is 4.56. The second-order valence-electron chi connectivity index (χ2n) is 8.70. The van der Waals surface area contributed by atoms with Crippen molar-refractivity contribution >= 4 is 5.78 Å². The van der Waals surface area contributed by atoms with Crippen molar-refractivity contribution in [1.82, 2.24) is 0 Å². The van der Waals surface area contributed by atoms with Crippen molar-refractivity contribution in [3.63, 3.8) is 0 Å². The van der Waals surface area contributed by atoms with Gasteiger partial charge in [-0.1, -0.05) is 0 Å². The Hall–Kier alpha value is -4.55. The van der Waals surface area contributed by atoms with Crippen LogP contribution in [0.15, 0.2) is 36.4 Å². The average Bonchev–Trinajstić information content (AvgIpc) is 2.89. The first-order valence-corrected chi connectivity index (χ1v) is 11.4. The molecule has 0 spiro atoms. The summed E-state index contributed by atoms with van der Waals surface area (Å²) < 4.78 is 28.0. The highest BCUT2D eigenvalue weighted by molar-refractivity contribution is 6.05. The molecule has 0 aromatic heterocycles. The number of carbonyl (C=O) groups excluding carboxylic acids is 1. The van der Waals surface area contributed by atoms with Crippen LogP contribution in [0, 0.1) is 0 Å². The van der Waals surface area contributed by atoms with Crippen LogP contribution in [0.2, 0.25) is 0 Å². The zero-order chi connectivity index (χ0) is 27.3. The molecular formula is C26H24O12. The Kier molecular flexibility index (Phi) is 6.21. The van der Waals surface area contributed by atoms with Crippen molar-refractivity contribution in [2.45, 2.75) is 24.4 Å². The molecular weight excluding hydrogens is 504 g/mol. The number of hydrogen-bond donors (Lipinski definition) is 6. The van der Waals surface area contributed by atoms with Crippen molar-refractivity contribution in [2.24, 2.45) is 0 Å². The summed E-state index contributed by atoms with van der Waals surface area (Å²) in [5.41, 5.74) is 0.260. The average molecular weight is 528 g/mol. The third-order valence-corrected chi connectivity index (χ3v) is 6.38. The molecule has 0 amide bonds. The van der Waals surface area contributed by atoms with E-state index in [0.29, 0.717) is 5.56 Å². The van der Waals surface area contributed by atoms with Crippen LogP contribution in [0.3, 0.4) is 0 Å². The van der Waals surface area contributed by atoms with Gasteiger partial charge in [0, 0.05) is 23.3 Å². The quantitative estimate of drug-likeness (QED) is 0.284. The van der Waals surface area contributed by atoms with E-state index < -0.39 is 48.3 Å². The molecule has 0 radical (unpaired) electrons. The van der Waals surface area contributed by atoms with Crippen LogP contribution in [0.25, 0.3) is 0 Å². The van der Waals surface area contributed by atoms with Crippen molar-refractivity contribution in [2.75, 3.05) is 20.8 Å². The molecule has 200 valence electrons. The Balaban J connectivity index is 1.52. The molecule has 12 heteroatoms. The maximum atomic E-state index is 12.8. The second kappa shape index (κ2) is 9.39. The minimum Gasteiger partial charge on any atom is -0.508 e. The first kappa shape index (κ1) is 25.1. The van der Waals surface area contributed by atoms with E-state index in [0.717, 1.165) is 12.1 Å². The normalized spacial score (nSPS) is 21.8. The lowest BCUT2D eigenvalue weighted by molar-refractivity contribution is -0.0148. The van der Waals surface area contributed by atoms with Crippen molar-refractivity contribution in [1.29, 1.82) is 0 Å². The van der Waals surface area contributed by atoms with Gasteiger partial charge < -0.3 is 54.3 Å². The zero-order valence-electron chi connectivity index (χ0n) is 20.1. The summed E-state index contributed by atoms with van der Waals surface area (Å²) in [7, 11) is 2.71. The molecule has 5 rings (SSSR count). The highest BCUT2D eigenvalue weighted by Crippen LogP contribution is 2.50. The number of benzene rings is 3. The zero-order valence-corrected chi connectivity index (χ0v) is 20.1. The van der Waals surface area contributed by atoms with Gasteiger partial charge in [0.2, 0.25) is 17.3 Å². The molecule has 38 heavy (non-hydrogen) atoms. The molecule has 0 aliphatic carbocycles. The predicted octanol–water partition coefficient (Wildman–Crippen LogP) is 2.08. The number of ketones is 1. The predicted molar refractivity (Wildman–Crippen MR) is 128 cm³/mol. The van der Waals surface area contributed by atoms with Gasteiger partial charge in [-0.05, 0) is 24.3 Å². The molecule has 2 heterocycles. The van der Waals surface area contributed by atoms with Crippen LogP contribution >= 0.6 is 0 Å². The molecule has 0 saturated heterocycles. The standard InChI is InChI=1S/C26H24O12/c1-34-16-4-11(5-17(35-2)21(16)31)24-19(9-27)36-18-6-10(3-14(30)26(18)38-24)25-23(33)22(32)20-13(29)7-12(28)8-15(20)37-25/h3-8,19,23-25,27-31,33H,9H2,1-2H3/t19-,23-,24-,25+/m0/s1. The van der Waals surface area contributed by atoms with Crippen molar-refractivity contribution in [3.8, 4) is 51.7 Å². The fraction of sp³-hybridized carbons (Fsp3) is 0.269. The highest BCUT2D eigenvalue weighted by atomic mass is 16.6. The van der Waals surface area contributed by atoms with E-state index >= 15 is 0 Å². The molecule has 0 bridgehead atoms. The number of Topliss-reactive ketones (excluding diaryl/α,β-unsaturated/α-hetero) is 1. The maximum absolute atomic E-state index is 12.8. The van der Waals surface area contributed by atoms with Gasteiger partial charge in [-0.2, -0.15) is 0 Å². The van der Waals surface area contributed by atoms with Crippen molar-refractivity contribution < 1.29 is 59.1 Å². The second-order valence-corrected chi connectivity index (χ2v) is 8.70. The van der Waals surface area contributed by atoms with Gasteiger partial charge in [-0.3, -0.25) is 4.79 Å². The van der Waals surface area contributed by atoms with Gasteiger partial charge in [-0.15, -0.1) is 0 Å². The van der Waals surface area contributed by atoms with Gasteiger partial charge in [-0.25, -0.2) is 0 Å². The molecule has 6 N–H and O–H groups in total. The number of aliphatic hydroxyl groups is 2. The minimum atomic E-state index is -1.75. The highest BCUT2D eigenvalue weighted by Gasteiger charge is 2.41. The van der Waals surface area contributed by atoms with Crippen LogP contribution in [-0.4, -0.2) is 69.5 Å². The van der Waals surface area contributed by atoms with Gasteiger partial charge in [0.15, 0.2) is 47.4 Å². The summed E-state index contributed by atoms with van der Waals surface area (Å²) in [5, 5.41) is 61.6. The number of fused-ring (bicyclic) bond motifs is 2. The lowest BCUT2D eigenvalue weighted by atomic mass is 9.92. The number of hydrogen-bond acceptors (Lipinski definition) is 12. The number of methoxy groups -OCH3 is 2. The smallest absolute Gasteiger partial charge is 0.204 e. The Labute approximate surface area is 215 Å². The first-order valence-electron chi connectivity index (χ1n) is 11.4. The summed E-state index contributed by atoms with van der Waals surface area (Å²) in [6, 6.07) is 7.62. The van der Waals surface area contributed by atoms with E-state index in [1.165, 1.54) is 38.5 Å². The SMILES string of the molecule is COc1cc([C@@H]2Oc3c(O)cc([C@H]4Oc5cc(O)cc(O)c5C(=O)[C@@H]4O)cc3O[C@H]2CO)cc(OC)c1O. The molecule has 4 atom stereocenters. The van der Waals surface area contributed by atoms with Crippen LogP contribution in [0.1, 0.15) is 33.7 Å². The molecule has 0 fully saturated rings. The topological polar surface area (TPSA) is 185 Å². The largest absolute Gasteiger partial charge is 0.508 e. The van der Waals surface area contributed by atoms with Gasteiger partial charge in [0.05, 0.1) is 20.8 Å². The first-order chi connectivity index (χ1) is 18.2. The molecule has 3 aromatic carbocycles. The molecule has 0 unspecified atom stereocenters. The summed E-state index contributed by atoms with van der Waals surface area (Å²) in [6.07, 6.45) is -5.02. The minimum absolute atomic E-state index is 0.000750. The number of aromatic hydroxyl groups is 4. The monoisotopic (exact) mass is 528 g/mol. The lowest BCUT2D eigenvalue weighted by Crippen LogP contribution is -2.37. The van der Waals surface area contributed by atoms with E-state index in [-0.39, 0.29) is 51.4 Å². The van der Waals surface area contributed by atoms with E-state index in [1.54, 1.807) is 0 Å². The Morgan fingerprint density at radius 2 is 1.45 bits per heavy atom. The van der Waals surface area contributed by atoms with E-state index in [2.05, 4.69) is 0 Å². The van der Waals surface area contributed by atoms with E-state index in [9.17, 15) is 35.4 Å². The number of carbonyl (C=O) groups is 1. The summed E-state index contributed by atoms with van der Waals surface area (Å²) in [6.45, 7) is -0.506. The lowest BCUT2D eigenvalue weighted by Gasteiger charge is -2.35. The number of ether oxygens (including phenoxy) is 5. The van der Waals surface area contributed by atoms with Crippen molar-refractivity contribution in [3.05, 3.63) is 53.1 Å². The Morgan fingerprint density at radius 1 is 0.789 bits per heavy atom. The summed E-state index contributed by atoms with van der Waals surface area (Å²) in [4.78, 5) is 12.8. The van der Waals surface area contributed by atoms with Crippen LogP contribution in [0.4, 0.5) is 0 Å². The number of rotatable bonds is 5. The third kappa shape index (κ3) is 3.99. The van der Waals surface area contributed by atoms with Gasteiger partial charge >= 0.3 is 0 Å². The molecule has 0 saturated carbocycles. The Morgan fingerprint density at radius 3 is 2.08 bits per heavy atom. The van der Waals surface area contributed by atoms with Crippen LogP contribution in [-0.2, 0) is 0 Å². The number of aliphatic hydroxyl groups excluding tert-OH is 2. The van der Waals surface area contributed by atoms with E-state index in [4.69, 9.17) is 23.7 Å².